The van der Waals surface area contributed by atoms with Crippen LogP contribution in [0.25, 0.3) is 10.9 Å². The van der Waals surface area contributed by atoms with Gasteiger partial charge in [-0.3, -0.25) is 9.59 Å². The van der Waals surface area contributed by atoms with Gasteiger partial charge in [0.1, 0.15) is 5.52 Å². The molecule has 1 N–H and O–H groups in total. The Balaban J connectivity index is 1.75. The number of rotatable bonds is 4. The number of aromatic nitrogens is 3. The number of hydrogen-bond acceptors (Lipinski definition) is 4. The smallest absolute Gasteiger partial charge is 0.277 e. The molecule has 19 heavy (non-hydrogen) atoms. The Labute approximate surface area is 109 Å². The van der Waals surface area contributed by atoms with Crippen molar-refractivity contribution in [3.63, 3.8) is 0 Å². The third kappa shape index (κ3) is 2.62. The first-order valence-corrected chi connectivity index (χ1v) is 6.36. The van der Waals surface area contributed by atoms with Crippen molar-refractivity contribution in [3.05, 3.63) is 34.6 Å². The van der Waals surface area contributed by atoms with Gasteiger partial charge in [-0.2, -0.15) is 0 Å². The van der Waals surface area contributed by atoms with E-state index in [-0.39, 0.29) is 24.4 Å². The van der Waals surface area contributed by atoms with Crippen LogP contribution in [0.2, 0.25) is 0 Å². The van der Waals surface area contributed by atoms with Crippen molar-refractivity contribution in [1.82, 2.24) is 20.3 Å². The minimum absolute atomic E-state index is 0.0376. The van der Waals surface area contributed by atoms with Crippen molar-refractivity contribution in [1.29, 1.82) is 0 Å². The summed E-state index contributed by atoms with van der Waals surface area (Å²) in [5, 5.41) is 11.2. The summed E-state index contributed by atoms with van der Waals surface area (Å²) in [7, 11) is 0. The van der Waals surface area contributed by atoms with Crippen molar-refractivity contribution in [3.8, 4) is 0 Å². The van der Waals surface area contributed by atoms with E-state index in [2.05, 4.69) is 15.6 Å². The molecule has 0 bridgehead atoms. The number of fused-ring (bicyclic) bond motifs is 1. The van der Waals surface area contributed by atoms with Crippen molar-refractivity contribution >= 4 is 16.8 Å². The highest BCUT2D eigenvalue weighted by Gasteiger charge is 2.23. The molecule has 3 rings (SSSR count). The molecule has 6 heteroatoms. The molecule has 2 aromatic rings. The Hall–Kier alpha value is -2.24. The molecular weight excluding hydrogens is 244 g/mol. The summed E-state index contributed by atoms with van der Waals surface area (Å²) >= 11 is 0. The number of amides is 1. The van der Waals surface area contributed by atoms with Gasteiger partial charge in [0.2, 0.25) is 5.91 Å². The molecule has 1 aromatic heterocycles. The third-order valence-corrected chi connectivity index (χ3v) is 3.12. The van der Waals surface area contributed by atoms with E-state index in [0.29, 0.717) is 16.9 Å². The van der Waals surface area contributed by atoms with E-state index in [1.807, 2.05) is 6.07 Å². The van der Waals surface area contributed by atoms with E-state index >= 15 is 0 Å². The molecule has 0 radical (unpaired) electrons. The van der Waals surface area contributed by atoms with Crippen LogP contribution in [0.3, 0.4) is 0 Å². The standard InChI is InChI=1S/C13H14N4O2/c18-12(14-9-5-6-9)7-8-17-13(19)10-3-1-2-4-11(10)15-16-17/h1-4,9H,5-8H2,(H,14,18). The molecular formula is C13H14N4O2. The molecule has 0 spiro atoms. The maximum absolute atomic E-state index is 12.1. The minimum atomic E-state index is -0.204. The predicted octanol–water partition coefficient (Wildman–Crippen LogP) is 0.460. The second-order valence-corrected chi connectivity index (χ2v) is 4.73. The predicted molar refractivity (Wildman–Crippen MR) is 69.6 cm³/mol. The number of hydrogen-bond donors (Lipinski definition) is 1. The van der Waals surface area contributed by atoms with Gasteiger partial charge in [-0.05, 0) is 25.0 Å². The van der Waals surface area contributed by atoms with Crippen LogP contribution < -0.4 is 10.9 Å². The van der Waals surface area contributed by atoms with Gasteiger partial charge >= 0.3 is 0 Å². The number of aryl methyl sites for hydroxylation is 1. The topological polar surface area (TPSA) is 76.9 Å². The van der Waals surface area contributed by atoms with Crippen LogP contribution in [0.5, 0.6) is 0 Å². The zero-order chi connectivity index (χ0) is 13.2. The van der Waals surface area contributed by atoms with Gasteiger partial charge in [-0.15, -0.1) is 5.10 Å². The van der Waals surface area contributed by atoms with Gasteiger partial charge < -0.3 is 5.32 Å². The fraction of sp³-hybridized carbons (Fsp3) is 0.385. The van der Waals surface area contributed by atoms with Crippen LogP contribution in [-0.2, 0) is 11.3 Å². The molecule has 1 aliphatic rings. The largest absolute Gasteiger partial charge is 0.353 e. The van der Waals surface area contributed by atoms with E-state index in [1.165, 1.54) is 4.68 Å². The highest BCUT2D eigenvalue weighted by molar-refractivity contribution is 5.77. The van der Waals surface area contributed by atoms with Gasteiger partial charge in [0.25, 0.3) is 5.56 Å². The molecule has 1 aliphatic carbocycles. The van der Waals surface area contributed by atoms with Gasteiger partial charge in [-0.1, -0.05) is 17.3 Å². The number of carbonyl (C=O) groups excluding carboxylic acids is 1. The average Bonchev–Trinajstić information content (AvgIpc) is 3.22. The molecule has 1 aromatic carbocycles. The molecule has 1 saturated carbocycles. The highest BCUT2D eigenvalue weighted by Crippen LogP contribution is 2.18. The summed E-state index contributed by atoms with van der Waals surface area (Å²) in [5.41, 5.74) is 0.371. The van der Waals surface area contributed by atoms with E-state index in [9.17, 15) is 9.59 Å². The first kappa shape index (κ1) is 11.8. The van der Waals surface area contributed by atoms with Crippen LogP contribution in [-0.4, -0.2) is 26.9 Å². The van der Waals surface area contributed by atoms with Crippen molar-refractivity contribution in [2.45, 2.75) is 31.8 Å². The van der Waals surface area contributed by atoms with Gasteiger partial charge in [0.15, 0.2) is 0 Å². The quantitative estimate of drug-likeness (QED) is 0.864. The lowest BCUT2D eigenvalue weighted by Gasteiger charge is -2.05. The zero-order valence-electron chi connectivity index (χ0n) is 10.4. The van der Waals surface area contributed by atoms with Crippen LogP contribution in [0.15, 0.2) is 29.1 Å². The van der Waals surface area contributed by atoms with Gasteiger partial charge in [0, 0.05) is 12.5 Å². The van der Waals surface area contributed by atoms with Crippen LogP contribution in [0.4, 0.5) is 0 Å². The lowest BCUT2D eigenvalue weighted by molar-refractivity contribution is -0.121. The molecule has 1 heterocycles. The fourth-order valence-corrected chi connectivity index (χ4v) is 1.90. The fourth-order valence-electron chi connectivity index (χ4n) is 1.90. The molecule has 1 amide bonds. The maximum atomic E-state index is 12.1. The SMILES string of the molecule is O=C(CCn1nnc2ccccc2c1=O)NC1CC1. The second kappa shape index (κ2) is 4.79. The zero-order valence-corrected chi connectivity index (χ0v) is 10.4. The maximum Gasteiger partial charge on any atom is 0.277 e. The number of carbonyl (C=O) groups is 1. The molecule has 0 aliphatic heterocycles. The van der Waals surface area contributed by atoms with E-state index in [0.717, 1.165) is 12.8 Å². The van der Waals surface area contributed by atoms with Crippen molar-refractivity contribution in [2.75, 3.05) is 0 Å². The van der Waals surface area contributed by atoms with Crippen LogP contribution in [0.1, 0.15) is 19.3 Å². The van der Waals surface area contributed by atoms with Crippen LogP contribution in [0, 0.1) is 0 Å². The number of benzene rings is 1. The lowest BCUT2D eigenvalue weighted by Crippen LogP contribution is -2.30. The Kier molecular flexibility index (Phi) is 2.98. The Bertz CT molecular complexity index is 676. The Morgan fingerprint density at radius 3 is 2.95 bits per heavy atom. The molecule has 6 nitrogen and oxygen atoms in total. The lowest BCUT2D eigenvalue weighted by atomic mass is 10.2. The van der Waals surface area contributed by atoms with Crippen LogP contribution >= 0.6 is 0 Å². The second-order valence-electron chi connectivity index (χ2n) is 4.73. The van der Waals surface area contributed by atoms with E-state index in [1.54, 1.807) is 18.2 Å². The normalized spacial score (nSPS) is 14.5. The van der Waals surface area contributed by atoms with E-state index < -0.39 is 0 Å². The molecule has 1 fully saturated rings. The monoisotopic (exact) mass is 258 g/mol. The number of nitrogens with zero attached hydrogens (tertiary/aromatic N) is 3. The Morgan fingerprint density at radius 1 is 1.37 bits per heavy atom. The van der Waals surface area contributed by atoms with E-state index in [4.69, 9.17) is 0 Å². The summed E-state index contributed by atoms with van der Waals surface area (Å²) in [6, 6.07) is 7.40. The summed E-state index contributed by atoms with van der Waals surface area (Å²) in [4.78, 5) is 23.7. The highest BCUT2D eigenvalue weighted by atomic mass is 16.2. The Morgan fingerprint density at radius 2 is 2.16 bits per heavy atom. The minimum Gasteiger partial charge on any atom is -0.353 e. The molecule has 98 valence electrons. The van der Waals surface area contributed by atoms with Gasteiger partial charge in [-0.25, -0.2) is 4.68 Å². The first-order chi connectivity index (χ1) is 9.24. The molecule has 0 saturated heterocycles. The molecule has 0 unspecified atom stereocenters. The average molecular weight is 258 g/mol. The third-order valence-electron chi connectivity index (χ3n) is 3.12. The summed E-state index contributed by atoms with van der Waals surface area (Å²) in [6.45, 7) is 0.259. The summed E-state index contributed by atoms with van der Waals surface area (Å²) in [5.74, 6) is -0.0376. The van der Waals surface area contributed by atoms with Crippen molar-refractivity contribution < 1.29 is 4.79 Å². The molecule has 0 atom stereocenters. The van der Waals surface area contributed by atoms with Crippen molar-refractivity contribution in [2.24, 2.45) is 0 Å². The number of nitrogens with one attached hydrogen (secondary N) is 1. The summed E-state index contributed by atoms with van der Waals surface area (Å²) < 4.78 is 1.24. The summed E-state index contributed by atoms with van der Waals surface area (Å²) in [6.07, 6.45) is 2.37. The van der Waals surface area contributed by atoms with Gasteiger partial charge in [0.05, 0.1) is 11.9 Å². The first-order valence-electron chi connectivity index (χ1n) is 6.36.